The number of pyridine rings is 1. The number of hydrogen-bond acceptors (Lipinski definition) is 5. The van der Waals surface area contributed by atoms with E-state index in [4.69, 9.17) is 4.74 Å². The Hall–Kier alpha value is -3.48. The first-order valence-corrected chi connectivity index (χ1v) is 11.5. The molecular weight excluding hydrogens is 416 g/mol. The molecule has 1 amide bonds. The smallest absolute Gasteiger partial charge is 0.223 e. The number of carbonyl (C=O) groups excluding carboxylic acids is 2. The number of rotatable bonds is 6. The van der Waals surface area contributed by atoms with Gasteiger partial charge in [0.2, 0.25) is 5.91 Å². The van der Waals surface area contributed by atoms with Crippen molar-refractivity contribution in [2.24, 2.45) is 0 Å². The summed E-state index contributed by atoms with van der Waals surface area (Å²) in [5.41, 5.74) is 2.68. The molecule has 2 aromatic heterocycles. The molecule has 0 N–H and O–H groups in total. The quantitative estimate of drug-likeness (QED) is 0.578. The molecule has 5 rings (SSSR count). The molecule has 1 unspecified atom stereocenters. The van der Waals surface area contributed by atoms with Crippen molar-refractivity contribution in [1.82, 2.24) is 19.4 Å². The first-order valence-electron chi connectivity index (χ1n) is 11.5. The van der Waals surface area contributed by atoms with Crippen molar-refractivity contribution < 1.29 is 14.3 Å². The standard InChI is InChI=1S/C26H28N4O3/c1-33-21-5-6-22-23(16-21)19(14-24(22)31)15-25(32)29-11-7-18(8-12-29)26-28-10-13-30(26)17-20-4-2-3-9-27-20/h2-6,9-10,13,16,18-19H,7-8,11-12,14-15,17H2,1H3. The number of imidazole rings is 1. The van der Waals surface area contributed by atoms with E-state index in [0.717, 1.165) is 41.2 Å². The summed E-state index contributed by atoms with van der Waals surface area (Å²) in [7, 11) is 1.62. The zero-order chi connectivity index (χ0) is 22.8. The zero-order valence-corrected chi connectivity index (χ0v) is 18.8. The van der Waals surface area contributed by atoms with Crippen LogP contribution in [0.2, 0.25) is 0 Å². The number of fused-ring (bicyclic) bond motifs is 1. The molecule has 0 radical (unpaired) electrons. The zero-order valence-electron chi connectivity index (χ0n) is 18.8. The molecule has 1 saturated heterocycles. The fraction of sp³-hybridized carbons (Fsp3) is 0.385. The minimum absolute atomic E-state index is 0.0647. The van der Waals surface area contributed by atoms with Gasteiger partial charge in [-0.3, -0.25) is 14.6 Å². The Labute approximate surface area is 193 Å². The van der Waals surface area contributed by atoms with Crippen LogP contribution in [-0.4, -0.2) is 51.3 Å². The van der Waals surface area contributed by atoms with Crippen LogP contribution in [0.4, 0.5) is 0 Å². The number of hydrogen-bond donors (Lipinski definition) is 0. The van der Waals surface area contributed by atoms with Crippen LogP contribution in [0.5, 0.6) is 5.75 Å². The van der Waals surface area contributed by atoms with Gasteiger partial charge in [-0.25, -0.2) is 4.98 Å². The maximum atomic E-state index is 13.1. The van der Waals surface area contributed by atoms with Crippen molar-refractivity contribution in [3.8, 4) is 5.75 Å². The van der Waals surface area contributed by atoms with Gasteiger partial charge in [0.05, 0.1) is 19.3 Å². The first kappa shape index (κ1) is 21.4. The van der Waals surface area contributed by atoms with Gasteiger partial charge in [0.25, 0.3) is 0 Å². The second-order valence-corrected chi connectivity index (χ2v) is 8.87. The summed E-state index contributed by atoms with van der Waals surface area (Å²) in [6.07, 6.45) is 8.20. The number of nitrogens with zero attached hydrogens (tertiary/aromatic N) is 4. The lowest BCUT2D eigenvalue weighted by molar-refractivity contribution is -0.132. The van der Waals surface area contributed by atoms with E-state index in [1.165, 1.54) is 0 Å². The third kappa shape index (κ3) is 4.40. The molecule has 0 spiro atoms. The Morgan fingerprint density at radius 2 is 1.97 bits per heavy atom. The monoisotopic (exact) mass is 444 g/mol. The average Bonchev–Trinajstić information content (AvgIpc) is 3.43. The second kappa shape index (κ2) is 9.17. The van der Waals surface area contributed by atoms with Gasteiger partial charge in [0, 0.05) is 61.9 Å². The Bertz CT molecular complexity index is 1150. The Balaban J connectivity index is 1.20. The average molecular weight is 445 g/mol. The normalized spacial score (nSPS) is 18.4. The maximum Gasteiger partial charge on any atom is 0.223 e. The lowest BCUT2D eigenvalue weighted by Gasteiger charge is -2.32. The van der Waals surface area contributed by atoms with E-state index in [0.29, 0.717) is 38.4 Å². The summed E-state index contributed by atoms with van der Waals surface area (Å²) in [4.78, 5) is 36.5. The maximum absolute atomic E-state index is 13.1. The summed E-state index contributed by atoms with van der Waals surface area (Å²) < 4.78 is 7.49. The highest BCUT2D eigenvalue weighted by molar-refractivity contribution is 6.02. The molecule has 1 aliphatic carbocycles. The molecule has 7 nitrogen and oxygen atoms in total. The molecule has 3 heterocycles. The molecule has 33 heavy (non-hydrogen) atoms. The van der Waals surface area contributed by atoms with Crippen LogP contribution in [-0.2, 0) is 11.3 Å². The van der Waals surface area contributed by atoms with E-state index in [-0.39, 0.29) is 17.6 Å². The first-order chi connectivity index (χ1) is 16.1. The van der Waals surface area contributed by atoms with Gasteiger partial charge in [-0.05, 0) is 48.7 Å². The van der Waals surface area contributed by atoms with Gasteiger partial charge in [-0.2, -0.15) is 0 Å². The number of methoxy groups -OCH3 is 1. The fourth-order valence-corrected chi connectivity index (χ4v) is 5.09. The molecule has 2 aliphatic rings. The summed E-state index contributed by atoms with van der Waals surface area (Å²) in [5, 5.41) is 0. The molecule has 1 atom stereocenters. The number of aromatic nitrogens is 3. The van der Waals surface area contributed by atoms with E-state index in [2.05, 4.69) is 14.5 Å². The molecule has 0 saturated carbocycles. The van der Waals surface area contributed by atoms with Crippen LogP contribution >= 0.6 is 0 Å². The van der Waals surface area contributed by atoms with Crippen LogP contribution in [0, 0.1) is 0 Å². The van der Waals surface area contributed by atoms with E-state index < -0.39 is 0 Å². The summed E-state index contributed by atoms with van der Waals surface area (Å²) >= 11 is 0. The van der Waals surface area contributed by atoms with Crippen molar-refractivity contribution >= 4 is 11.7 Å². The molecule has 7 heteroatoms. The molecule has 1 fully saturated rings. The number of carbonyl (C=O) groups is 2. The predicted molar refractivity (Wildman–Crippen MR) is 123 cm³/mol. The van der Waals surface area contributed by atoms with Gasteiger partial charge >= 0.3 is 0 Å². The highest BCUT2D eigenvalue weighted by Crippen LogP contribution is 2.38. The number of ketones is 1. The number of Topliss-reactive ketones (excluding diaryl/α,β-unsaturated/α-hetero) is 1. The lowest BCUT2D eigenvalue weighted by Crippen LogP contribution is -2.38. The van der Waals surface area contributed by atoms with Crippen LogP contribution < -0.4 is 4.74 Å². The van der Waals surface area contributed by atoms with E-state index in [9.17, 15) is 9.59 Å². The molecule has 170 valence electrons. The van der Waals surface area contributed by atoms with Crippen molar-refractivity contribution in [1.29, 1.82) is 0 Å². The summed E-state index contributed by atoms with van der Waals surface area (Å²) in [5.74, 6) is 2.29. The van der Waals surface area contributed by atoms with Crippen molar-refractivity contribution in [2.45, 2.75) is 44.1 Å². The SMILES string of the molecule is COc1ccc2c(c1)C(CC(=O)N1CCC(c3nccn3Cc3ccccn3)CC1)CC2=O. The van der Waals surface area contributed by atoms with Crippen molar-refractivity contribution in [2.75, 3.05) is 20.2 Å². The number of piperidine rings is 1. The molecule has 3 aromatic rings. The van der Waals surface area contributed by atoms with E-state index in [1.807, 2.05) is 59.9 Å². The second-order valence-electron chi connectivity index (χ2n) is 8.87. The van der Waals surface area contributed by atoms with Gasteiger partial charge in [0.1, 0.15) is 11.6 Å². The number of ether oxygens (including phenoxy) is 1. The van der Waals surface area contributed by atoms with Crippen LogP contribution in [0.15, 0.2) is 55.0 Å². The Morgan fingerprint density at radius 3 is 2.73 bits per heavy atom. The molecule has 1 aliphatic heterocycles. The van der Waals surface area contributed by atoms with Gasteiger partial charge in [-0.15, -0.1) is 0 Å². The van der Waals surface area contributed by atoms with Gasteiger partial charge in [-0.1, -0.05) is 6.07 Å². The molecular formula is C26H28N4O3. The van der Waals surface area contributed by atoms with Gasteiger partial charge in [0.15, 0.2) is 5.78 Å². The van der Waals surface area contributed by atoms with Crippen LogP contribution in [0.25, 0.3) is 0 Å². The van der Waals surface area contributed by atoms with Crippen LogP contribution in [0.3, 0.4) is 0 Å². The third-order valence-electron chi connectivity index (χ3n) is 6.87. The minimum atomic E-state index is -0.0647. The molecule has 1 aromatic carbocycles. The fourth-order valence-electron chi connectivity index (χ4n) is 5.09. The minimum Gasteiger partial charge on any atom is -0.497 e. The highest BCUT2D eigenvalue weighted by Gasteiger charge is 2.33. The van der Waals surface area contributed by atoms with Crippen LogP contribution in [0.1, 0.15) is 65.0 Å². The number of benzene rings is 1. The third-order valence-corrected chi connectivity index (χ3v) is 6.87. The predicted octanol–water partition coefficient (Wildman–Crippen LogP) is 3.80. The van der Waals surface area contributed by atoms with E-state index >= 15 is 0 Å². The summed E-state index contributed by atoms with van der Waals surface area (Å²) in [6, 6.07) is 11.5. The van der Waals surface area contributed by atoms with Crippen molar-refractivity contribution in [3.05, 3.63) is 77.6 Å². The summed E-state index contributed by atoms with van der Waals surface area (Å²) in [6.45, 7) is 2.13. The largest absolute Gasteiger partial charge is 0.497 e. The Morgan fingerprint density at radius 1 is 1.12 bits per heavy atom. The molecule has 0 bridgehead atoms. The number of amides is 1. The topological polar surface area (TPSA) is 77.3 Å². The van der Waals surface area contributed by atoms with Crippen molar-refractivity contribution in [3.63, 3.8) is 0 Å². The van der Waals surface area contributed by atoms with E-state index in [1.54, 1.807) is 7.11 Å². The van der Waals surface area contributed by atoms with Gasteiger partial charge < -0.3 is 14.2 Å². The number of likely N-dealkylation sites (tertiary alicyclic amines) is 1. The highest BCUT2D eigenvalue weighted by atomic mass is 16.5. The lowest BCUT2D eigenvalue weighted by atomic mass is 9.93. The Kier molecular flexibility index (Phi) is 5.94.